The molecule has 2 rings (SSSR count). The summed E-state index contributed by atoms with van der Waals surface area (Å²) in [4.78, 5) is 24.1. The van der Waals surface area contributed by atoms with E-state index in [4.69, 9.17) is 0 Å². The molecule has 1 saturated carbocycles. The highest BCUT2D eigenvalue weighted by molar-refractivity contribution is 5.90. The molecule has 0 spiro atoms. The first kappa shape index (κ1) is 11.6. The molecule has 1 aliphatic carbocycles. The third-order valence-electron chi connectivity index (χ3n) is 3.49. The van der Waals surface area contributed by atoms with Gasteiger partial charge in [-0.05, 0) is 24.7 Å². The maximum atomic E-state index is 11.1. The highest BCUT2D eigenvalue weighted by atomic mass is 16.6. The van der Waals surface area contributed by atoms with Gasteiger partial charge < -0.3 is 4.74 Å². The molecule has 1 aliphatic heterocycles. The van der Waals surface area contributed by atoms with Crippen LogP contribution in [0.2, 0.25) is 0 Å². The molecule has 0 N–H and O–H groups in total. The molecule has 0 radical (unpaired) electrons. The summed E-state index contributed by atoms with van der Waals surface area (Å²) in [5.74, 6) is 0.619. The molecule has 0 aromatic heterocycles. The normalized spacial score (nSPS) is 32.6. The average Bonchev–Trinajstić information content (AvgIpc) is 2.15. The van der Waals surface area contributed by atoms with Gasteiger partial charge in [-0.2, -0.15) is 0 Å². The standard InChI is InChI=1S/C12H19NO3/c1-9-3-2-4-10(5-9)6-13-7-11(14)16-12(15)8-13/h9-10H,2-8H2,1H3. The monoisotopic (exact) mass is 225 g/mol. The Morgan fingerprint density at radius 3 is 2.56 bits per heavy atom. The van der Waals surface area contributed by atoms with Crippen molar-refractivity contribution in [1.82, 2.24) is 4.90 Å². The number of carbonyl (C=O) groups excluding carboxylic acids is 2. The number of carbonyl (C=O) groups is 2. The zero-order valence-electron chi connectivity index (χ0n) is 9.78. The van der Waals surface area contributed by atoms with Crippen LogP contribution in [-0.2, 0) is 14.3 Å². The minimum Gasteiger partial charge on any atom is -0.391 e. The molecule has 90 valence electrons. The van der Waals surface area contributed by atoms with Gasteiger partial charge in [-0.25, -0.2) is 0 Å². The third-order valence-corrected chi connectivity index (χ3v) is 3.49. The van der Waals surface area contributed by atoms with Crippen molar-refractivity contribution in [3.05, 3.63) is 0 Å². The predicted octanol–water partition coefficient (Wildman–Crippen LogP) is 1.20. The van der Waals surface area contributed by atoms with Crippen LogP contribution in [0.25, 0.3) is 0 Å². The lowest BCUT2D eigenvalue weighted by Crippen LogP contribution is -2.45. The number of nitrogens with zero attached hydrogens (tertiary/aromatic N) is 1. The molecule has 0 bridgehead atoms. The van der Waals surface area contributed by atoms with E-state index in [1.54, 1.807) is 0 Å². The SMILES string of the molecule is CC1CCCC(CN2CC(=O)OC(=O)C2)C1. The molecule has 1 heterocycles. The number of rotatable bonds is 2. The molecular weight excluding hydrogens is 206 g/mol. The molecule has 2 aliphatic rings. The van der Waals surface area contributed by atoms with Crippen LogP contribution < -0.4 is 0 Å². The van der Waals surface area contributed by atoms with Gasteiger partial charge in [-0.15, -0.1) is 0 Å². The maximum Gasteiger partial charge on any atom is 0.327 e. The van der Waals surface area contributed by atoms with Crippen molar-refractivity contribution in [2.24, 2.45) is 11.8 Å². The fourth-order valence-corrected chi connectivity index (χ4v) is 2.83. The molecule has 0 aromatic carbocycles. The number of cyclic esters (lactones) is 2. The molecule has 16 heavy (non-hydrogen) atoms. The zero-order chi connectivity index (χ0) is 11.5. The molecule has 0 amide bonds. The lowest BCUT2D eigenvalue weighted by atomic mass is 9.82. The van der Waals surface area contributed by atoms with Gasteiger partial charge in [0, 0.05) is 6.54 Å². The Hall–Kier alpha value is -0.900. The smallest absolute Gasteiger partial charge is 0.327 e. The van der Waals surface area contributed by atoms with Gasteiger partial charge in [-0.3, -0.25) is 14.5 Å². The number of ether oxygens (including phenoxy) is 1. The van der Waals surface area contributed by atoms with E-state index >= 15 is 0 Å². The predicted molar refractivity (Wildman–Crippen MR) is 58.7 cm³/mol. The van der Waals surface area contributed by atoms with Crippen LogP contribution in [0.4, 0.5) is 0 Å². The lowest BCUT2D eigenvalue weighted by molar-refractivity contribution is -0.167. The summed E-state index contributed by atoms with van der Waals surface area (Å²) in [6, 6.07) is 0. The van der Waals surface area contributed by atoms with E-state index in [-0.39, 0.29) is 13.1 Å². The van der Waals surface area contributed by atoms with Crippen LogP contribution in [0.5, 0.6) is 0 Å². The van der Waals surface area contributed by atoms with Gasteiger partial charge >= 0.3 is 11.9 Å². The van der Waals surface area contributed by atoms with Crippen LogP contribution in [0.15, 0.2) is 0 Å². The highest BCUT2D eigenvalue weighted by Crippen LogP contribution is 2.29. The second kappa shape index (κ2) is 4.95. The third kappa shape index (κ3) is 3.04. The van der Waals surface area contributed by atoms with E-state index in [0.29, 0.717) is 5.92 Å². The Morgan fingerprint density at radius 2 is 1.94 bits per heavy atom. The molecule has 0 aromatic rings. The summed E-state index contributed by atoms with van der Waals surface area (Å²) in [7, 11) is 0. The number of hydrogen-bond donors (Lipinski definition) is 0. The van der Waals surface area contributed by atoms with Crippen molar-refractivity contribution in [3.8, 4) is 0 Å². The second-order valence-corrected chi connectivity index (χ2v) is 5.15. The summed E-state index contributed by atoms with van der Waals surface area (Å²) >= 11 is 0. The Labute approximate surface area is 95.9 Å². The van der Waals surface area contributed by atoms with Gasteiger partial charge in [0.25, 0.3) is 0 Å². The minimum atomic E-state index is -0.403. The number of esters is 2. The molecule has 4 heteroatoms. The first-order chi connectivity index (χ1) is 7.63. The Kier molecular flexibility index (Phi) is 3.59. The maximum absolute atomic E-state index is 11.1. The number of hydrogen-bond acceptors (Lipinski definition) is 4. The second-order valence-electron chi connectivity index (χ2n) is 5.15. The summed E-state index contributed by atoms with van der Waals surface area (Å²) in [5, 5.41) is 0. The van der Waals surface area contributed by atoms with Crippen molar-refractivity contribution in [3.63, 3.8) is 0 Å². The van der Waals surface area contributed by atoms with E-state index in [9.17, 15) is 9.59 Å². The van der Waals surface area contributed by atoms with Crippen molar-refractivity contribution in [2.75, 3.05) is 19.6 Å². The van der Waals surface area contributed by atoms with Crippen molar-refractivity contribution in [2.45, 2.75) is 32.6 Å². The van der Waals surface area contributed by atoms with Crippen LogP contribution >= 0.6 is 0 Å². The lowest BCUT2D eigenvalue weighted by Gasteiger charge is -2.32. The minimum absolute atomic E-state index is 0.274. The molecule has 2 atom stereocenters. The summed E-state index contributed by atoms with van der Waals surface area (Å²) in [5.41, 5.74) is 0. The fraction of sp³-hybridized carbons (Fsp3) is 0.833. The van der Waals surface area contributed by atoms with Crippen molar-refractivity contribution in [1.29, 1.82) is 0 Å². The van der Waals surface area contributed by atoms with Gasteiger partial charge in [0.15, 0.2) is 0 Å². The largest absolute Gasteiger partial charge is 0.391 e. The molecule has 2 unspecified atom stereocenters. The van der Waals surface area contributed by atoms with E-state index in [1.165, 1.54) is 25.7 Å². The summed E-state index contributed by atoms with van der Waals surface area (Å²) in [6.07, 6.45) is 5.04. The number of morpholine rings is 1. The summed E-state index contributed by atoms with van der Waals surface area (Å²) < 4.78 is 4.51. The molecule has 2 fully saturated rings. The van der Waals surface area contributed by atoms with Crippen molar-refractivity contribution < 1.29 is 14.3 Å². The van der Waals surface area contributed by atoms with Crippen LogP contribution in [0, 0.1) is 11.8 Å². The van der Waals surface area contributed by atoms with Crippen LogP contribution in [0.3, 0.4) is 0 Å². The Bertz CT molecular complexity index is 274. The van der Waals surface area contributed by atoms with E-state index in [1.807, 2.05) is 4.90 Å². The Balaban J connectivity index is 1.84. The first-order valence-electron chi connectivity index (χ1n) is 6.09. The molecule has 1 saturated heterocycles. The van der Waals surface area contributed by atoms with Gasteiger partial charge in [0.2, 0.25) is 0 Å². The van der Waals surface area contributed by atoms with Crippen LogP contribution in [-0.4, -0.2) is 36.5 Å². The summed E-state index contributed by atoms with van der Waals surface area (Å²) in [6.45, 7) is 3.69. The quantitative estimate of drug-likeness (QED) is 0.523. The van der Waals surface area contributed by atoms with E-state index < -0.39 is 11.9 Å². The van der Waals surface area contributed by atoms with E-state index in [0.717, 1.165) is 12.5 Å². The van der Waals surface area contributed by atoms with Crippen LogP contribution in [0.1, 0.15) is 32.6 Å². The first-order valence-corrected chi connectivity index (χ1v) is 6.09. The fourth-order valence-electron chi connectivity index (χ4n) is 2.83. The van der Waals surface area contributed by atoms with Gasteiger partial charge in [-0.1, -0.05) is 19.8 Å². The van der Waals surface area contributed by atoms with Crippen molar-refractivity contribution >= 4 is 11.9 Å². The highest BCUT2D eigenvalue weighted by Gasteiger charge is 2.28. The average molecular weight is 225 g/mol. The zero-order valence-corrected chi connectivity index (χ0v) is 9.78. The van der Waals surface area contributed by atoms with Gasteiger partial charge in [0.05, 0.1) is 13.1 Å². The van der Waals surface area contributed by atoms with E-state index in [2.05, 4.69) is 11.7 Å². The molecular formula is C12H19NO3. The topological polar surface area (TPSA) is 46.6 Å². The molecule has 4 nitrogen and oxygen atoms in total. The Morgan fingerprint density at radius 1 is 1.25 bits per heavy atom. The van der Waals surface area contributed by atoms with Gasteiger partial charge in [0.1, 0.15) is 0 Å².